The summed E-state index contributed by atoms with van der Waals surface area (Å²) in [4.78, 5) is 48.5. The zero-order valence-corrected chi connectivity index (χ0v) is 19.4. The number of carbonyl (C=O) groups excluding carboxylic acids is 2. The summed E-state index contributed by atoms with van der Waals surface area (Å²) in [5.74, 6) is 0.111. The topological polar surface area (TPSA) is 118 Å². The van der Waals surface area contributed by atoms with Gasteiger partial charge >= 0.3 is 0 Å². The minimum absolute atomic E-state index is 0.0122. The molecule has 1 fully saturated rings. The Balaban J connectivity index is 1.51. The van der Waals surface area contributed by atoms with Gasteiger partial charge in [0.25, 0.3) is 5.56 Å². The van der Waals surface area contributed by atoms with Crippen molar-refractivity contribution in [3.8, 4) is 5.75 Å². The molecule has 0 saturated carbocycles. The molecule has 0 aliphatic carbocycles. The van der Waals surface area contributed by atoms with Crippen molar-refractivity contribution in [2.45, 2.75) is 26.3 Å². The van der Waals surface area contributed by atoms with Crippen molar-refractivity contribution in [2.24, 2.45) is 5.92 Å². The Morgan fingerprint density at radius 1 is 1.30 bits per heavy atom. The fourth-order valence-corrected chi connectivity index (χ4v) is 4.85. The van der Waals surface area contributed by atoms with Gasteiger partial charge in [-0.1, -0.05) is 23.5 Å². The summed E-state index contributed by atoms with van der Waals surface area (Å²) in [7, 11) is 1.64. The molecular formula is C22H26N6O4S. The number of para-hydroxylation sites is 2. The van der Waals surface area contributed by atoms with E-state index in [1.807, 2.05) is 17.9 Å². The van der Waals surface area contributed by atoms with Crippen molar-refractivity contribution in [1.82, 2.24) is 19.9 Å². The van der Waals surface area contributed by atoms with E-state index in [4.69, 9.17) is 4.74 Å². The van der Waals surface area contributed by atoms with Crippen LogP contribution in [0.3, 0.4) is 0 Å². The standard InChI is InChI=1S/C22H26N6O4S/c1-3-32-16-9-5-4-8-15(16)25-17(29)12-28-13-24-19-18(21(28)31)33-22(26-19)27-10-6-7-14(11-27)20(30)23-2/h4-5,8-9,13-14H,3,6-7,10-12H2,1-2H3,(H,23,30)(H,25,29). The molecule has 0 bridgehead atoms. The summed E-state index contributed by atoms with van der Waals surface area (Å²) in [6.07, 6.45) is 3.04. The molecule has 174 valence electrons. The molecule has 2 amide bonds. The molecule has 1 saturated heterocycles. The van der Waals surface area contributed by atoms with Gasteiger partial charge in [0.1, 0.15) is 23.3 Å². The quantitative estimate of drug-likeness (QED) is 0.541. The number of anilines is 2. The number of nitrogens with zero attached hydrogens (tertiary/aromatic N) is 4. The monoisotopic (exact) mass is 470 g/mol. The van der Waals surface area contributed by atoms with Crippen molar-refractivity contribution < 1.29 is 14.3 Å². The minimum atomic E-state index is -0.361. The number of amides is 2. The normalized spacial score (nSPS) is 15.9. The lowest BCUT2D eigenvalue weighted by Crippen LogP contribution is -2.42. The van der Waals surface area contributed by atoms with Crippen molar-refractivity contribution in [2.75, 3.05) is 37.0 Å². The first-order chi connectivity index (χ1) is 16.0. The average Bonchev–Trinajstić information content (AvgIpc) is 3.27. The number of hydrogen-bond donors (Lipinski definition) is 2. The Kier molecular flexibility index (Phi) is 6.87. The highest BCUT2D eigenvalue weighted by molar-refractivity contribution is 7.22. The third-order valence-electron chi connectivity index (χ3n) is 5.46. The molecule has 1 aliphatic rings. The summed E-state index contributed by atoms with van der Waals surface area (Å²) in [6.45, 7) is 3.48. The highest BCUT2D eigenvalue weighted by Crippen LogP contribution is 2.29. The molecule has 2 N–H and O–H groups in total. The SMILES string of the molecule is CCOc1ccccc1NC(=O)Cn1cnc2nc(N3CCCC(C(=O)NC)C3)sc2c1=O. The maximum Gasteiger partial charge on any atom is 0.273 e. The smallest absolute Gasteiger partial charge is 0.273 e. The number of fused-ring (bicyclic) bond motifs is 1. The highest BCUT2D eigenvalue weighted by atomic mass is 32.1. The maximum absolute atomic E-state index is 13.0. The third kappa shape index (κ3) is 4.98. The van der Waals surface area contributed by atoms with Crippen LogP contribution in [0.1, 0.15) is 19.8 Å². The number of benzene rings is 1. The Morgan fingerprint density at radius 2 is 2.12 bits per heavy atom. The number of hydrogen-bond acceptors (Lipinski definition) is 8. The second-order valence-electron chi connectivity index (χ2n) is 7.70. The van der Waals surface area contributed by atoms with E-state index in [-0.39, 0.29) is 29.8 Å². The lowest BCUT2D eigenvalue weighted by Gasteiger charge is -2.31. The molecule has 11 heteroatoms. The first kappa shape index (κ1) is 22.7. The lowest BCUT2D eigenvalue weighted by atomic mass is 9.98. The Bertz CT molecular complexity index is 1220. The number of carbonyl (C=O) groups is 2. The second kappa shape index (κ2) is 9.99. The second-order valence-corrected chi connectivity index (χ2v) is 8.68. The van der Waals surface area contributed by atoms with Crippen molar-refractivity contribution in [3.63, 3.8) is 0 Å². The van der Waals surface area contributed by atoms with Crippen LogP contribution in [0.5, 0.6) is 5.75 Å². The van der Waals surface area contributed by atoms with Crippen molar-refractivity contribution in [1.29, 1.82) is 0 Å². The molecule has 33 heavy (non-hydrogen) atoms. The van der Waals surface area contributed by atoms with Gasteiger partial charge in [-0.2, -0.15) is 4.98 Å². The Hall–Kier alpha value is -3.47. The molecule has 3 aromatic rings. The van der Waals surface area contributed by atoms with Gasteiger partial charge in [0.2, 0.25) is 11.8 Å². The molecule has 0 radical (unpaired) electrons. The fourth-order valence-electron chi connectivity index (χ4n) is 3.85. The van der Waals surface area contributed by atoms with E-state index in [9.17, 15) is 14.4 Å². The predicted octanol–water partition coefficient (Wildman–Crippen LogP) is 1.85. The van der Waals surface area contributed by atoms with Gasteiger partial charge in [-0.15, -0.1) is 0 Å². The molecular weight excluding hydrogens is 444 g/mol. The first-order valence-electron chi connectivity index (χ1n) is 10.8. The van der Waals surface area contributed by atoms with Gasteiger partial charge in [-0.3, -0.25) is 19.0 Å². The number of nitrogens with one attached hydrogen (secondary N) is 2. The van der Waals surface area contributed by atoms with Crippen LogP contribution < -0.4 is 25.8 Å². The van der Waals surface area contributed by atoms with Gasteiger partial charge in [0, 0.05) is 20.1 Å². The molecule has 1 aromatic carbocycles. The zero-order valence-electron chi connectivity index (χ0n) is 18.5. The molecule has 3 heterocycles. The lowest BCUT2D eigenvalue weighted by molar-refractivity contribution is -0.124. The van der Waals surface area contributed by atoms with Crippen molar-refractivity contribution in [3.05, 3.63) is 40.9 Å². The minimum Gasteiger partial charge on any atom is -0.492 e. The van der Waals surface area contributed by atoms with Gasteiger partial charge in [-0.25, -0.2) is 4.98 Å². The summed E-state index contributed by atoms with van der Waals surface area (Å²) in [5, 5.41) is 6.15. The zero-order chi connectivity index (χ0) is 23.4. The molecule has 2 aromatic heterocycles. The highest BCUT2D eigenvalue weighted by Gasteiger charge is 2.27. The molecule has 4 rings (SSSR count). The van der Waals surface area contributed by atoms with E-state index in [2.05, 4.69) is 20.6 Å². The average molecular weight is 471 g/mol. The van der Waals surface area contributed by atoms with Crippen LogP contribution >= 0.6 is 11.3 Å². The van der Waals surface area contributed by atoms with Crippen molar-refractivity contribution >= 4 is 44.3 Å². The number of rotatable bonds is 7. The van der Waals surface area contributed by atoms with E-state index in [0.717, 1.165) is 19.4 Å². The van der Waals surface area contributed by atoms with Crippen LogP contribution in [0.4, 0.5) is 10.8 Å². The number of piperidine rings is 1. The van der Waals surface area contributed by atoms with Gasteiger partial charge < -0.3 is 20.3 Å². The first-order valence-corrected chi connectivity index (χ1v) is 11.7. The van der Waals surface area contributed by atoms with Gasteiger partial charge in [-0.05, 0) is 31.9 Å². The summed E-state index contributed by atoms with van der Waals surface area (Å²) in [6, 6.07) is 7.13. The maximum atomic E-state index is 13.0. The fraction of sp³-hybridized carbons (Fsp3) is 0.409. The summed E-state index contributed by atoms with van der Waals surface area (Å²) < 4.78 is 7.18. The van der Waals surface area contributed by atoms with Gasteiger partial charge in [0.15, 0.2) is 10.8 Å². The van der Waals surface area contributed by atoms with E-state index < -0.39 is 0 Å². The van der Waals surface area contributed by atoms with E-state index in [0.29, 0.717) is 40.1 Å². The van der Waals surface area contributed by atoms with Crippen LogP contribution in [-0.2, 0) is 16.1 Å². The Labute approximate surface area is 194 Å². The van der Waals surface area contributed by atoms with Crippen LogP contribution in [-0.4, -0.2) is 53.1 Å². The number of aromatic nitrogens is 3. The molecule has 1 unspecified atom stereocenters. The number of ether oxygens (including phenoxy) is 1. The van der Waals surface area contributed by atoms with E-state index >= 15 is 0 Å². The molecule has 1 atom stereocenters. The van der Waals surface area contributed by atoms with E-state index in [1.54, 1.807) is 25.2 Å². The number of thiazole rings is 1. The van der Waals surface area contributed by atoms with E-state index in [1.165, 1.54) is 22.2 Å². The third-order valence-corrected chi connectivity index (χ3v) is 6.55. The summed E-state index contributed by atoms with van der Waals surface area (Å²) >= 11 is 1.24. The molecule has 1 aliphatic heterocycles. The Morgan fingerprint density at radius 3 is 2.91 bits per heavy atom. The van der Waals surface area contributed by atoms with Gasteiger partial charge in [0.05, 0.1) is 18.2 Å². The van der Waals surface area contributed by atoms with Crippen LogP contribution in [0.15, 0.2) is 35.4 Å². The van der Waals surface area contributed by atoms with Crippen LogP contribution in [0.2, 0.25) is 0 Å². The molecule has 10 nitrogen and oxygen atoms in total. The van der Waals surface area contributed by atoms with Crippen LogP contribution in [0, 0.1) is 5.92 Å². The van der Waals surface area contributed by atoms with Crippen LogP contribution in [0.25, 0.3) is 10.3 Å². The molecule has 0 spiro atoms. The predicted molar refractivity (Wildman–Crippen MR) is 127 cm³/mol. The summed E-state index contributed by atoms with van der Waals surface area (Å²) in [5.41, 5.74) is 0.569. The largest absolute Gasteiger partial charge is 0.492 e.